The Morgan fingerprint density at radius 1 is 1.44 bits per heavy atom. The Morgan fingerprint density at radius 3 is 2.56 bits per heavy atom. The fraction of sp³-hybridized carbons (Fsp3) is 0.571. The van der Waals surface area contributed by atoms with E-state index in [9.17, 15) is 9.50 Å². The first-order valence-electron chi connectivity index (χ1n) is 6.32. The number of rotatable bonds is 3. The fourth-order valence-electron chi connectivity index (χ4n) is 3.04. The second kappa shape index (κ2) is 4.76. The summed E-state index contributed by atoms with van der Waals surface area (Å²) in [6, 6.07) is 1.77. The van der Waals surface area contributed by atoms with Crippen LogP contribution in [0, 0.1) is 12.7 Å². The van der Waals surface area contributed by atoms with Crippen molar-refractivity contribution < 1.29 is 14.2 Å². The Balaban J connectivity index is 2.58. The van der Waals surface area contributed by atoms with Gasteiger partial charge in [-0.25, -0.2) is 4.39 Å². The maximum atomic E-state index is 14.3. The molecular weight excluding hydrogens is 233 g/mol. The summed E-state index contributed by atoms with van der Waals surface area (Å²) < 4.78 is 19.3. The fourth-order valence-corrected chi connectivity index (χ4v) is 3.04. The number of aryl methyl sites for hydroxylation is 1. The van der Waals surface area contributed by atoms with Crippen molar-refractivity contribution >= 4 is 0 Å². The first-order valence-corrected chi connectivity index (χ1v) is 6.32. The zero-order valence-electron chi connectivity index (χ0n) is 10.9. The number of hydrogen-bond donors (Lipinski definition) is 2. The highest BCUT2D eigenvalue weighted by atomic mass is 19.1. The summed E-state index contributed by atoms with van der Waals surface area (Å²) in [5.41, 5.74) is 6.82. The third-order valence-corrected chi connectivity index (χ3v) is 4.11. The van der Waals surface area contributed by atoms with Crippen LogP contribution in [0.2, 0.25) is 0 Å². The lowest BCUT2D eigenvalue weighted by molar-refractivity contribution is 0.343. The Morgan fingerprint density at radius 2 is 2.06 bits per heavy atom. The lowest BCUT2D eigenvalue weighted by Gasteiger charge is -2.29. The van der Waals surface area contributed by atoms with Crippen molar-refractivity contribution in [1.82, 2.24) is 0 Å². The van der Waals surface area contributed by atoms with Gasteiger partial charge < -0.3 is 15.6 Å². The van der Waals surface area contributed by atoms with Gasteiger partial charge in [0, 0.05) is 12.0 Å². The van der Waals surface area contributed by atoms with E-state index < -0.39 is 11.6 Å². The summed E-state index contributed by atoms with van der Waals surface area (Å²) in [5.74, 6) is -0.765. The van der Waals surface area contributed by atoms with E-state index in [0.29, 0.717) is 12.1 Å². The molecule has 0 unspecified atom stereocenters. The number of methoxy groups -OCH3 is 1. The molecule has 0 spiro atoms. The zero-order valence-corrected chi connectivity index (χ0v) is 10.9. The molecule has 2 rings (SSSR count). The molecule has 0 bridgehead atoms. The van der Waals surface area contributed by atoms with Crippen LogP contribution in [0.25, 0.3) is 0 Å². The number of hydrogen-bond acceptors (Lipinski definition) is 3. The second-order valence-corrected chi connectivity index (χ2v) is 5.13. The minimum atomic E-state index is -0.579. The maximum Gasteiger partial charge on any atom is 0.194 e. The van der Waals surface area contributed by atoms with Gasteiger partial charge in [-0.3, -0.25) is 0 Å². The molecule has 0 saturated heterocycles. The van der Waals surface area contributed by atoms with Crippen LogP contribution in [0.1, 0.15) is 36.8 Å². The third-order valence-electron chi connectivity index (χ3n) is 4.11. The van der Waals surface area contributed by atoms with Crippen molar-refractivity contribution in [2.45, 2.75) is 38.0 Å². The molecule has 0 heterocycles. The van der Waals surface area contributed by atoms with E-state index in [0.717, 1.165) is 31.2 Å². The number of phenolic OH excluding ortho intramolecular Hbond substituents is 1. The topological polar surface area (TPSA) is 55.5 Å². The normalized spacial score (nSPS) is 18.0. The van der Waals surface area contributed by atoms with Crippen LogP contribution in [0.3, 0.4) is 0 Å². The van der Waals surface area contributed by atoms with Crippen LogP contribution < -0.4 is 10.5 Å². The number of ether oxygens (including phenoxy) is 1. The van der Waals surface area contributed by atoms with Crippen LogP contribution in [0.15, 0.2) is 6.07 Å². The van der Waals surface area contributed by atoms with Gasteiger partial charge in [0.15, 0.2) is 17.3 Å². The van der Waals surface area contributed by atoms with E-state index in [1.807, 2.05) is 0 Å². The van der Waals surface area contributed by atoms with Crippen molar-refractivity contribution in [1.29, 1.82) is 0 Å². The predicted molar refractivity (Wildman–Crippen MR) is 68.6 cm³/mol. The van der Waals surface area contributed by atoms with Crippen molar-refractivity contribution in [3.05, 3.63) is 23.0 Å². The van der Waals surface area contributed by atoms with Crippen LogP contribution in [-0.2, 0) is 5.41 Å². The monoisotopic (exact) mass is 253 g/mol. The van der Waals surface area contributed by atoms with Gasteiger partial charge >= 0.3 is 0 Å². The molecule has 4 heteroatoms. The molecule has 3 N–H and O–H groups in total. The van der Waals surface area contributed by atoms with Gasteiger partial charge in [0.05, 0.1) is 7.11 Å². The zero-order chi connectivity index (χ0) is 13.3. The highest BCUT2D eigenvalue weighted by molar-refractivity contribution is 5.51. The highest BCUT2D eigenvalue weighted by Gasteiger charge is 2.38. The Bertz CT molecular complexity index is 454. The van der Waals surface area contributed by atoms with Crippen molar-refractivity contribution in [2.75, 3.05) is 13.7 Å². The number of benzene rings is 1. The standard InChI is InChI=1S/C14H20FNO2/c1-9-7-10(11(15)12(17)13(9)18-2)14(8-16)5-3-4-6-14/h7,17H,3-6,8,16H2,1-2H3. The molecule has 18 heavy (non-hydrogen) atoms. The molecule has 0 aliphatic heterocycles. The average molecular weight is 253 g/mol. The molecule has 0 atom stereocenters. The average Bonchev–Trinajstić information content (AvgIpc) is 2.84. The van der Waals surface area contributed by atoms with Crippen LogP contribution in [-0.4, -0.2) is 18.8 Å². The minimum absolute atomic E-state index is 0.210. The molecule has 1 fully saturated rings. The van der Waals surface area contributed by atoms with Gasteiger partial charge in [0.1, 0.15) is 0 Å². The SMILES string of the molecule is COc1c(C)cc(C2(CN)CCCC2)c(F)c1O. The van der Waals surface area contributed by atoms with Gasteiger partial charge in [-0.15, -0.1) is 0 Å². The van der Waals surface area contributed by atoms with Crippen LogP contribution >= 0.6 is 0 Å². The molecule has 3 nitrogen and oxygen atoms in total. The molecule has 100 valence electrons. The first-order chi connectivity index (χ1) is 8.55. The van der Waals surface area contributed by atoms with Crippen LogP contribution in [0.5, 0.6) is 11.5 Å². The smallest absolute Gasteiger partial charge is 0.194 e. The van der Waals surface area contributed by atoms with Crippen molar-refractivity contribution in [3.8, 4) is 11.5 Å². The van der Waals surface area contributed by atoms with Gasteiger partial charge in [-0.1, -0.05) is 12.8 Å². The summed E-state index contributed by atoms with van der Waals surface area (Å²) in [4.78, 5) is 0. The first kappa shape index (κ1) is 13.1. The molecule has 0 amide bonds. The van der Waals surface area contributed by atoms with Crippen molar-refractivity contribution in [2.24, 2.45) is 5.73 Å². The summed E-state index contributed by atoms with van der Waals surface area (Å²) in [6.45, 7) is 2.22. The predicted octanol–water partition coefficient (Wildman–Crippen LogP) is 2.62. The number of aromatic hydroxyl groups is 1. The maximum absolute atomic E-state index is 14.3. The molecule has 1 aliphatic carbocycles. The molecule has 1 saturated carbocycles. The summed E-state index contributed by atoms with van der Waals surface area (Å²) in [6.07, 6.45) is 3.88. The van der Waals surface area contributed by atoms with E-state index in [1.54, 1.807) is 13.0 Å². The van der Waals surface area contributed by atoms with Gasteiger partial charge in [-0.2, -0.15) is 0 Å². The van der Waals surface area contributed by atoms with Crippen molar-refractivity contribution in [3.63, 3.8) is 0 Å². The number of nitrogens with two attached hydrogens (primary N) is 1. The Labute approximate surface area is 107 Å². The summed E-state index contributed by atoms with van der Waals surface area (Å²) in [5, 5.41) is 9.89. The van der Waals surface area contributed by atoms with E-state index in [1.165, 1.54) is 7.11 Å². The molecule has 0 radical (unpaired) electrons. The minimum Gasteiger partial charge on any atom is -0.502 e. The van der Waals surface area contributed by atoms with Gasteiger partial charge in [-0.05, 0) is 37.0 Å². The molecule has 1 aromatic rings. The highest BCUT2D eigenvalue weighted by Crippen LogP contribution is 2.45. The van der Waals surface area contributed by atoms with Gasteiger partial charge in [0.2, 0.25) is 0 Å². The van der Waals surface area contributed by atoms with E-state index >= 15 is 0 Å². The lowest BCUT2D eigenvalue weighted by atomic mass is 9.78. The molecular formula is C14H20FNO2. The number of halogens is 1. The molecule has 1 aliphatic rings. The Kier molecular flexibility index (Phi) is 3.48. The van der Waals surface area contributed by atoms with Gasteiger partial charge in [0.25, 0.3) is 0 Å². The second-order valence-electron chi connectivity index (χ2n) is 5.13. The molecule has 1 aromatic carbocycles. The Hall–Kier alpha value is -1.29. The number of phenols is 1. The largest absolute Gasteiger partial charge is 0.502 e. The van der Waals surface area contributed by atoms with Crippen LogP contribution in [0.4, 0.5) is 4.39 Å². The van der Waals surface area contributed by atoms with E-state index in [2.05, 4.69) is 0 Å². The molecule has 0 aromatic heterocycles. The quantitative estimate of drug-likeness (QED) is 0.870. The lowest BCUT2D eigenvalue weighted by Crippen LogP contribution is -2.33. The van der Waals surface area contributed by atoms with E-state index in [-0.39, 0.29) is 11.2 Å². The third kappa shape index (κ3) is 1.85. The van der Waals surface area contributed by atoms with E-state index in [4.69, 9.17) is 10.5 Å². The summed E-state index contributed by atoms with van der Waals surface area (Å²) >= 11 is 0. The summed E-state index contributed by atoms with van der Waals surface area (Å²) in [7, 11) is 1.43.